The molecule has 15 heteroatoms. The number of halogens is 3. The number of nitrogens with zero attached hydrogens (tertiary/aromatic N) is 6. The molecular weight excluding hydrogens is 563 g/mol. The number of carbonyl (C=O) groups is 1. The Morgan fingerprint density at radius 3 is 2.54 bits per heavy atom. The van der Waals surface area contributed by atoms with E-state index >= 15 is 0 Å². The monoisotopic (exact) mass is 597 g/mol. The predicted molar refractivity (Wildman–Crippen MR) is 145 cm³/mol. The number of rotatable bonds is 9. The third-order valence-corrected chi connectivity index (χ3v) is 8.33. The summed E-state index contributed by atoms with van der Waals surface area (Å²) in [5, 5.41) is 17.7. The zero-order valence-electron chi connectivity index (χ0n) is 23.7. The molecule has 11 nitrogen and oxygen atoms in total. The minimum absolute atomic E-state index is 0.0866. The molecule has 1 aliphatic rings. The quantitative estimate of drug-likeness (QED) is 0.385. The van der Waals surface area contributed by atoms with Crippen LogP contribution in [0, 0.1) is 18.3 Å². The Bertz CT molecular complexity index is 1450. The van der Waals surface area contributed by atoms with E-state index < -0.39 is 41.7 Å². The van der Waals surface area contributed by atoms with Crippen molar-refractivity contribution >= 4 is 22.7 Å². The Balaban J connectivity index is 1.64. The number of hydrogen-bond acceptors (Lipinski definition) is 8. The van der Waals surface area contributed by atoms with Gasteiger partial charge in [-0.15, -0.1) is 5.10 Å². The second-order valence-corrected chi connectivity index (χ2v) is 12.5. The van der Waals surface area contributed by atoms with Gasteiger partial charge in [0, 0.05) is 37.6 Å². The maximum absolute atomic E-state index is 13.4. The minimum atomic E-state index is -4.67. The van der Waals surface area contributed by atoms with Crippen molar-refractivity contribution in [1.82, 2.24) is 29.3 Å². The van der Waals surface area contributed by atoms with Gasteiger partial charge < -0.3 is 14.7 Å². The third kappa shape index (κ3) is 6.25. The molecular formula is C26H34F3N7O4S. The SMILES string of the molecule is Cc1nn(C)cc1S(=O)NC(=O)c1ccc(-n2ccc(OCC(C)(CO)C(F)(F)F)n2)nc1N1CC(C)CC1(C)C. The molecule has 0 aliphatic carbocycles. The highest BCUT2D eigenvalue weighted by molar-refractivity contribution is 7.83. The van der Waals surface area contributed by atoms with Crippen LogP contribution in [0.25, 0.3) is 5.82 Å². The van der Waals surface area contributed by atoms with Crippen molar-refractivity contribution in [3.8, 4) is 11.7 Å². The van der Waals surface area contributed by atoms with Crippen LogP contribution >= 0.6 is 0 Å². The van der Waals surface area contributed by atoms with Crippen LogP contribution < -0.4 is 14.4 Å². The molecule has 0 radical (unpaired) electrons. The molecule has 0 spiro atoms. The number of ether oxygens (including phenoxy) is 1. The van der Waals surface area contributed by atoms with Gasteiger partial charge in [0.05, 0.1) is 17.9 Å². The molecule has 3 unspecified atom stereocenters. The molecule has 3 aromatic heterocycles. The van der Waals surface area contributed by atoms with Gasteiger partial charge in [0.2, 0.25) is 5.88 Å². The molecule has 224 valence electrons. The van der Waals surface area contributed by atoms with Crippen LogP contribution in [0.5, 0.6) is 5.88 Å². The Morgan fingerprint density at radius 1 is 1.27 bits per heavy atom. The van der Waals surface area contributed by atoms with Crippen LogP contribution in [0.4, 0.5) is 19.0 Å². The van der Waals surface area contributed by atoms with Crippen LogP contribution in [-0.2, 0) is 18.0 Å². The van der Waals surface area contributed by atoms with E-state index in [-0.39, 0.29) is 17.0 Å². The van der Waals surface area contributed by atoms with E-state index in [1.165, 1.54) is 27.7 Å². The maximum Gasteiger partial charge on any atom is 0.399 e. The Labute approximate surface area is 238 Å². The number of carbonyl (C=O) groups excluding carboxylic acids is 1. The van der Waals surface area contributed by atoms with Gasteiger partial charge in [-0.05, 0) is 52.2 Å². The summed E-state index contributed by atoms with van der Waals surface area (Å²) in [6.45, 7) is 7.41. The van der Waals surface area contributed by atoms with Gasteiger partial charge >= 0.3 is 6.18 Å². The van der Waals surface area contributed by atoms with Gasteiger partial charge in [-0.25, -0.2) is 13.9 Å². The highest BCUT2D eigenvalue weighted by atomic mass is 32.2. The van der Waals surface area contributed by atoms with Crippen molar-refractivity contribution in [2.45, 2.75) is 57.7 Å². The summed E-state index contributed by atoms with van der Waals surface area (Å²) >= 11 is 0. The van der Waals surface area contributed by atoms with Crippen LogP contribution in [0.1, 0.15) is 50.2 Å². The third-order valence-electron chi connectivity index (χ3n) is 7.16. The topological polar surface area (TPSA) is 127 Å². The van der Waals surface area contributed by atoms with Gasteiger partial charge in [-0.2, -0.15) is 18.3 Å². The number of alkyl halides is 3. The van der Waals surface area contributed by atoms with E-state index in [9.17, 15) is 27.3 Å². The number of anilines is 1. The van der Waals surface area contributed by atoms with E-state index in [4.69, 9.17) is 9.72 Å². The highest BCUT2D eigenvalue weighted by Crippen LogP contribution is 2.39. The fourth-order valence-corrected chi connectivity index (χ4v) is 5.77. The Hall–Kier alpha value is -3.46. The van der Waals surface area contributed by atoms with E-state index in [0.29, 0.717) is 34.7 Å². The average molecular weight is 598 g/mol. The van der Waals surface area contributed by atoms with Gasteiger partial charge in [0.25, 0.3) is 5.91 Å². The second kappa shape index (κ2) is 11.1. The number of aliphatic hydroxyl groups is 1. The minimum Gasteiger partial charge on any atom is -0.476 e. The average Bonchev–Trinajstić information content (AvgIpc) is 3.57. The standard InChI is InChI=1S/C26H34F3N7O4S/c1-16-11-24(3,4)35(12-16)22-18(23(38)33-41(39)19-13-34(6)31-17(19)2)7-8-20(30-22)36-10-9-21(32-36)40-15-25(5,14-37)26(27,28)29/h7-10,13,16,37H,11-12,14-15H2,1-6H3,(H,33,38). The summed E-state index contributed by atoms with van der Waals surface area (Å²) < 4.78 is 63.6. The smallest absolute Gasteiger partial charge is 0.399 e. The molecule has 1 saturated heterocycles. The van der Waals surface area contributed by atoms with E-state index in [2.05, 4.69) is 21.8 Å². The number of aliphatic hydroxyl groups excluding tert-OH is 1. The molecule has 4 heterocycles. The molecule has 4 rings (SSSR count). The lowest BCUT2D eigenvalue weighted by atomic mass is 9.92. The summed E-state index contributed by atoms with van der Waals surface area (Å²) in [5.74, 6) is 0.300. The summed E-state index contributed by atoms with van der Waals surface area (Å²) in [4.78, 5) is 20.5. The van der Waals surface area contributed by atoms with Gasteiger partial charge in [0.1, 0.15) is 22.7 Å². The molecule has 1 fully saturated rings. The summed E-state index contributed by atoms with van der Waals surface area (Å²) in [7, 11) is -0.162. The van der Waals surface area contributed by atoms with Crippen LogP contribution in [-0.4, -0.2) is 71.2 Å². The van der Waals surface area contributed by atoms with E-state index in [0.717, 1.165) is 13.3 Å². The van der Waals surface area contributed by atoms with Crippen molar-refractivity contribution in [1.29, 1.82) is 0 Å². The highest BCUT2D eigenvalue weighted by Gasteiger charge is 2.51. The zero-order valence-corrected chi connectivity index (χ0v) is 24.5. The first-order valence-electron chi connectivity index (χ1n) is 12.9. The first kappa shape index (κ1) is 30.5. The van der Waals surface area contributed by atoms with Gasteiger partial charge in [0.15, 0.2) is 16.8 Å². The van der Waals surface area contributed by atoms with E-state index in [1.807, 2.05) is 18.7 Å². The summed E-state index contributed by atoms with van der Waals surface area (Å²) in [6, 6.07) is 4.47. The molecule has 3 aromatic rings. The fraction of sp³-hybridized carbons (Fsp3) is 0.538. The van der Waals surface area contributed by atoms with Crippen molar-refractivity contribution < 1.29 is 32.0 Å². The molecule has 1 amide bonds. The largest absolute Gasteiger partial charge is 0.476 e. The lowest BCUT2D eigenvalue weighted by Crippen LogP contribution is -2.43. The van der Waals surface area contributed by atoms with E-state index in [1.54, 1.807) is 26.2 Å². The number of pyridine rings is 1. The molecule has 1 aliphatic heterocycles. The molecule has 0 saturated carbocycles. The van der Waals surface area contributed by atoms with Crippen LogP contribution in [0.15, 0.2) is 35.5 Å². The molecule has 41 heavy (non-hydrogen) atoms. The molecule has 2 N–H and O–H groups in total. The number of aryl methyl sites for hydroxylation is 2. The fourth-order valence-electron chi connectivity index (χ4n) is 4.82. The predicted octanol–water partition coefficient (Wildman–Crippen LogP) is 3.33. The van der Waals surface area contributed by atoms with Crippen molar-refractivity contribution in [3.63, 3.8) is 0 Å². The Kier molecular flexibility index (Phi) is 8.24. The normalized spacial score (nSPS) is 19.2. The van der Waals surface area contributed by atoms with Crippen molar-refractivity contribution in [2.24, 2.45) is 18.4 Å². The van der Waals surface area contributed by atoms with Crippen molar-refractivity contribution in [3.05, 3.63) is 41.9 Å². The zero-order chi connectivity index (χ0) is 30.3. The number of hydrogen-bond donors (Lipinski definition) is 2. The number of aromatic nitrogens is 5. The molecule has 0 bridgehead atoms. The van der Waals surface area contributed by atoms with Crippen LogP contribution in [0.3, 0.4) is 0 Å². The second-order valence-electron chi connectivity index (χ2n) is 11.3. The Morgan fingerprint density at radius 2 is 1.98 bits per heavy atom. The number of amides is 1. The molecule has 0 aromatic carbocycles. The van der Waals surface area contributed by atoms with Crippen LogP contribution in [0.2, 0.25) is 0 Å². The van der Waals surface area contributed by atoms with Crippen molar-refractivity contribution in [2.75, 3.05) is 24.7 Å². The lowest BCUT2D eigenvalue weighted by molar-refractivity contribution is -0.237. The lowest BCUT2D eigenvalue weighted by Gasteiger charge is -2.34. The maximum atomic E-state index is 13.4. The first-order chi connectivity index (χ1) is 19.0. The molecule has 3 atom stereocenters. The summed E-state index contributed by atoms with van der Waals surface area (Å²) in [6.07, 6.45) is -0.767. The number of nitrogens with one attached hydrogen (secondary N) is 1. The first-order valence-corrected chi connectivity index (χ1v) is 14.1. The summed E-state index contributed by atoms with van der Waals surface area (Å²) in [5.41, 5.74) is -2.06. The van der Waals surface area contributed by atoms with Gasteiger partial charge in [-0.3, -0.25) is 14.2 Å². The van der Waals surface area contributed by atoms with Gasteiger partial charge in [-0.1, -0.05) is 6.92 Å².